The molecule has 1 aromatic heterocycles. The largest absolute Gasteiger partial charge is 0.490 e. The molecule has 1 saturated heterocycles. The predicted octanol–water partition coefficient (Wildman–Crippen LogP) is 5.01. The summed E-state index contributed by atoms with van der Waals surface area (Å²) < 4.78 is 13.8. The summed E-state index contributed by atoms with van der Waals surface area (Å²) in [5.41, 5.74) is 4.11. The van der Waals surface area contributed by atoms with Gasteiger partial charge in [0.15, 0.2) is 0 Å². The van der Waals surface area contributed by atoms with Gasteiger partial charge < -0.3 is 19.7 Å². The van der Waals surface area contributed by atoms with Crippen molar-refractivity contribution >= 4 is 11.7 Å². The molecule has 1 N–H and O–H groups in total. The van der Waals surface area contributed by atoms with Crippen molar-refractivity contribution in [3.8, 4) is 22.6 Å². The number of likely N-dealkylation sites (tertiary alicyclic amines) is 1. The van der Waals surface area contributed by atoms with E-state index >= 15 is 0 Å². The molecule has 1 saturated carbocycles. The van der Waals surface area contributed by atoms with Gasteiger partial charge >= 0.3 is 6.03 Å². The van der Waals surface area contributed by atoms with Crippen LogP contribution < -0.4 is 14.8 Å². The minimum absolute atomic E-state index is 0.0682. The van der Waals surface area contributed by atoms with Crippen LogP contribution in [-0.2, 0) is 7.05 Å². The third-order valence-electron chi connectivity index (χ3n) is 6.17. The van der Waals surface area contributed by atoms with Gasteiger partial charge in [0, 0.05) is 50.4 Å². The number of hydrogen-bond donors (Lipinski definition) is 1. The molecule has 0 bridgehead atoms. The van der Waals surface area contributed by atoms with E-state index in [0.717, 1.165) is 59.6 Å². The molecule has 0 radical (unpaired) electrons. The Morgan fingerprint density at radius 3 is 2.33 bits per heavy atom. The predicted molar refractivity (Wildman–Crippen MR) is 128 cm³/mol. The van der Waals surface area contributed by atoms with E-state index in [1.165, 1.54) is 0 Å². The molecule has 33 heavy (non-hydrogen) atoms. The van der Waals surface area contributed by atoms with E-state index in [-0.39, 0.29) is 12.1 Å². The molecule has 2 aliphatic rings. The number of ether oxygens (including phenoxy) is 2. The average molecular weight is 447 g/mol. The van der Waals surface area contributed by atoms with Gasteiger partial charge in [-0.3, -0.25) is 4.68 Å². The first-order chi connectivity index (χ1) is 16.0. The van der Waals surface area contributed by atoms with Crippen LogP contribution in [0.2, 0.25) is 0 Å². The van der Waals surface area contributed by atoms with Crippen molar-refractivity contribution in [2.45, 2.75) is 44.8 Å². The normalized spacial score (nSPS) is 16.5. The Morgan fingerprint density at radius 2 is 1.70 bits per heavy atom. The Kier molecular flexibility index (Phi) is 5.94. The highest BCUT2D eigenvalue weighted by Crippen LogP contribution is 2.29. The van der Waals surface area contributed by atoms with E-state index < -0.39 is 0 Å². The zero-order chi connectivity index (χ0) is 22.8. The minimum atomic E-state index is -0.0682. The number of amides is 2. The number of anilines is 1. The second-order valence-corrected chi connectivity index (χ2v) is 8.96. The van der Waals surface area contributed by atoms with Crippen molar-refractivity contribution in [3.63, 3.8) is 0 Å². The first-order valence-corrected chi connectivity index (χ1v) is 11.6. The van der Waals surface area contributed by atoms with E-state index in [2.05, 4.69) is 29.5 Å². The number of aryl methyl sites for hydroxylation is 2. The Morgan fingerprint density at radius 1 is 0.970 bits per heavy atom. The van der Waals surface area contributed by atoms with Gasteiger partial charge in [-0.05, 0) is 67.3 Å². The van der Waals surface area contributed by atoms with Gasteiger partial charge in [-0.2, -0.15) is 5.10 Å². The smallest absolute Gasteiger partial charge is 0.321 e. The van der Waals surface area contributed by atoms with Crippen molar-refractivity contribution in [1.29, 1.82) is 0 Å². The number of benzene rings is 2. The van der Waals surface area contributed by atoms with Crippen molar-refractivity contribution in [1.82, 2.24) is 14.7 Å². The van der Waals surface area contributed by atoms with Gasteiger partial charge in [-0.25, -0.2) is 4.79 Å². The molecular formula is C26H30N4O3. The first-order valence-electron chi connectivity index (χ1n) is 11.6. The van der Waals surface area contributed by atoms with Crippen molar-refractivity contribution < 1.29 is 14.3 Å². The number of urea groups is 1. The molecule has 0 unspecified atom stereocenters. The lowest BCUT2D eigenvalue weighted by Gasteiger charge is -2.32. The van der Waals surface area contributed by atoms with Gasteiger partial charge in [0.25, 0.3) is 0 Å². The molecule has 1 aliphatic carbocycles. The third-order valence-corrected chi connectivity index (χ3v) is 6.17. The van der Waals surface area contributed by atoms with Crippen LogP contribution in [0.5, 0.6) is 11.5 Å². The fourth-order valence-corrected chi connectivity index (χ4v) is 4.09. The van der Waals surface area contributed by atoms with Gasteiger partial charge in [-0.1, -0.05) is 6.07 Å². The molecule has 7 heteroatoms. The summed E-state index contributed by atoms with van der Waals surface area (Å²) >= 11 is 0. The Hall–Kier alpha value is -3.48. The van der Waals surface area contributed by atoms with Crippen LogP contribution in [0.15, 0.2) is 54.9 Å². The van der Waals surface area contributed by atoms with Crippen LogP contribution in [0.1, 0.15) is 31.2 Å². The lowest BCUT2D eigenvalue weighted by Crippen LogP contribution is -2.43. The highest BCUT2D eigenvalue weighted by atomic mass is 16.5. The highest BCUT2D eigenvalue weighted by molar-refractivity contribution is 5.89. The number of piperidine rings is 1. The average Bonchev–Trinajstić information content (AvgIpc) is 3.53. The van der Waals surface area contributed by atoms with E-state index in [9.17, 15) is 4.79 Å². The summed E-state index contributed by atoms with van der Waals surface area (Å²) in [6.07, 6.45) is 8.24. The molecule has 7 nitrogen and oxygen atoms in total. The molecule has 0 atom stereocenters. The van der Waals surface area contributed by atoms with Gasteiger partial charge in [0.2, 0.25) is 0 Å². The summed E-state index contributed by atoms with van der Waals surface area (Å²) in [5.74, 6) is 1.76. The molecule has 172 valence electrons. The molecule has 2 fully saturated rings. The molecule has 0 spiro atoms. The second kappa shape index (κ2) is 9.17. The van der Waals surface area contributed by atoms with Crippen LogP contribution in [0.3, 0.4) is 0 Å². The maximum atomic E-state index is 12.7. The number of rotatable bonds is 6. The number of aromatic nitrogens is 2. The third kappa shape index (κ3) is 5.30. The lowest BCUT2D eigenvalue weighted by atomic mass is 10.1. The standard InChI is InChI=1S/C26H30N4O3/c1-18-15-19(20-16-27-29(2)17-20)3-10-25(18)33-24-11-13-30(14-12-24)26(31)28-21-4-6-22(7-5-21)32-23-8-9-23/h3-7,10,15-17,23-24H,8-9,11-14H2,1-2H3,(H,28,31). The molecule has 1 aliphatic heterocycles. The summed E-state index contributed by atoms with van der Waals surface area (Å²) in [6, 6.07) is 13.8. The van der Waals surface area contributed by atoms with E-state index in [1.54, 1.807) is 4.68 Å². The van der Waals surface area contributed by atoms with Gasteiger partial charge in [-0.15, -0.1) is 0 Å². The maximum Gasteiger partial charge on any atom is 0.321 e. The molecule has 3 aromatic rings. The summed E-state index contributed by atoms with van der Waals surface area (Å²) in [4.78, 5) is 14.5. The van der Waals surface area contributed by atoms with E-state index in [4.69, 9.17) is 9.47 Å². The number of hydrogen-bond acceptors (Lipinski definition) is 4. The quantitative estimate of drug-likeness (QED) is 0.578. The van der Waals surface area contributed by atoms with Crippen molar-refractivity contribution in [2.24, 2.45) is 7.05 Å². The summed E-state index contributed by atoms with van der Waals surface area (Å²) in [6.45, 7) is 3.41. The first kappa shape index (κ1) is 21.4. The van der Waals surface area contributed by atoms with E-state index in [0.29, 0.717) is 19.2 Å². The van der Waals surface area contributed by atoms with Crippen LogP contribution in [0.25, 0.3) is 11.1 Å². The minimum Gasteiger partial charge on any atom is -0.490 e. The van der Waals surface area contributed by atoms with Crippen LogP contribution in [0.4, 0.5) is 10.5 Å². The number of carbonyl (C=O) groups is 1. The zero-order valence-corrected chi connectivity index (χ0v) is 19.2. The monoisotopic (exact) mass is 446 g/mol. The number of carbonyl (C=O) groups excluding carboxylic acids is 1. The molecule has 5 rings (SSSR count). The van der Waals surface area contributed by atoms with Gasteiger partial charge in [0.1, 0.15) is 17.6 Å². The summed E-state index contributed by atoms with van der Waals surface area (Å²) in [7, 11) is 1.92. The Balaban J connectivity index is 1.11. The SMILES string of the molecule is Cc1cc(-c2cnn(C)c2)ccc1OC1CCN(C(=O)Nc2ccc(OC3CC3)cc2)CC1. The van der Waals surface area contributed by atoms with E-state index in [1.807, 2.05) is 54.7 Å². The fraction of sp³-hybridized carbons (Fsp3) is 0.385. The molecule has 2 aromatic carbocycles. The van der Waals surface area contributed by atoms with Crippen LogP contribution in [-0.4, -0.2) is 46.0 Å². The van der Waals surface area contributed by atoms with Crippen LogP contribution in [0, 0.1) is 6.92 Å². The highest BCUT2D eigenvalue weighted by Gasteiger charge is 2.25. The van der Waals surface area contributed by atoms with Crippen molar-refractivity contribution in [2.75, 3.05) is 18.4 Å². The maximum absolute atomic E-state index is 12.7. The topological polar surface area (TPSA) is 68.6 Å². The zero-order valence-electron chi connectivity index (χ0n) is 19.2. The van der Waals surface area contributed by atoms with Crippen LogP contribution >= 0.6 is 0 Å². The number of nitrogens with one attached hydrogen (secondary N) is 1. The Labute approximate surface area is 194 Å². The van der Waals surface area contributed by atoms with Crippen molar-refractivity contribution in [3.05, 3.63) is 60.4 Å². The molecular weight excluding hydrogens is 416 g/mol. The fourth-order valence-electron chi connectivity index (χ4n) is 4.09. The Bertz CT molecular complexity index is 1110. The summed E-state index contributed by atoms with van der Waals surface area (Å²) in [5, 5.41) is 7.23. The number of nitrogens with zero attached hydrogens (tertiary/aromatic N) is 3. The second-order valence-electron chi connectivity index (χ2n) is 8.96. The van der Waals surface area contributed by atoms with Gasteiger partial charge in [0.05, 0.1) is 12.3 Å². The molecule has 2 heterocycles. The molecule has 2 amide bonds. The lowest BCUT2D eigenvalue weighted by molar-refractivity contribution is 0.115.